The van der Waals surface area contributed by atoms with Gasteiger partial charge < -0.3 is 10.5 Å². The summed E-state index contributed by atoms with van der Waals surface area (Å²) in [6, 6.07) is 4.16. The molecule has 0 spiro atoms. The van der Waals surface area contributed by atoms with Crippen LogP contribution in [-0.4, -0.2) is 12.6 Å². The molecular formula is C11H16BrNO. The second kappa shape index (κ2) is 4.80. The highest BCUT2D eigenvalue weighted by Gasteiger charge is 2.06. The van der Waals surface area contributed by atoms with E-state index in [1.807, 2.05) is 32.9 Å². The molecule has 78 valence electrons. The summed E-state index contributed by atoms with van der Waals surface area (Å²) in [5, 5.41) is 0. The average Bonchev–Trinajstić information content (AvgIpc) is 2.01. The normalized spacial score (nSPS) is 12.6. The third-order valence-corrected chi connectivity index (χ3v) is 2.37. The lowest BCUT2D eigenvalue weighted by atomic mass is 10.1. The highest BCUT2D eigenvalue weighted by molar-refractivity contribution is 9.10. The lowest BCUT2D eigenvalue weighted by Crippen LogP contribution is -2.24. The van der Waals surface area contributed by atoms with Crippen molar-refractivity contribution in [3.8, 4) is 5.75 Å². The van der Waals surface area contributed by atoms with Gasteiger partial charge in [0.25, 0.3) is 0 Å². The van der Waals surface area contributed by atoms with Crippen LogP contribution in [0.1, 0.15) is 18.1 Å². The summed E-state index contributed by atoms with van der Waals surface area (Å²) in [6.07, 6.45) is 0. The van der Waals surface area contributed by atoms with E-state index in [0.29, 0.717) is 6.61 Å². The molecule has 0 fully saturated rings. The van der Waals surface area contributed by atoms with Gasteiger partial charge in [-0.1, -0.05) is 15.9 Å². The predicted octanol–water partition coefficient (Wildman–Crippen LogP) is 2.79. The molecule has 1 aromatic rings. The van der Waals surface area contributed by atoms with E-state index in [4.69, 9.17) is 10.5 Å². The van der Waals surface area contributed by atoms with E-state index in [2.05, 4.69) is 15.9 Å². The molecule has 14 heavy (non-hydrogen) atoms. The van der Waals surface area contributed by atoms with Gasteiger partial charge in [-0.25, -0.2) is 0 Å². The van der Waals surface area contributed by atoms with Gasteiger partial charge in [0, 0.05) is 10.5 Å². The summed E-state index contributed by atoms with van der Waals surface area (Å²) in [6.45, 7) is 6.56. The minimum Gasteiger partial charge on any atom is -0.491 e. The molecule has 0 aliphatic heterocycles. The SMILES string of the molecule is Cc1cc(Br)cc(C)c1OCC(C)N. The highest BCUT2D eigenvalue weighted by atomic mass is 79.9. The first-order chi connectivity index (χ1) is 6.50. The first-order valence-corrected chi connectivity index (χ1v) is 5.45. The lowest BCUT2D eigenvalue weighted by molar-refractivity contribution is 0.292. The van der Waals surface area contributed by atoms with E-state index in [1.165, 1.54) is 0 Å². The molecule has 0 radical (unpaired) electrons. The molecule has 1 atom stereocenters. The van der Waals surface area contributed by atoms with E-state index >= 15 is 0 Å². The predicted molar refractivity (Wildman–Crippen MR) is 62.8 cm³/mol. The van der Waals surface area contributed by atoms with Crippen molar-refractivity contribution in [1.82, 2.24) is 0 Å². The van der Waals surface area contributed by atoms with Gasteiger partial charge in [-0.3, -0.25) is 0 Å². The Morgan fingerprint density at radius 1 is 1.36 bits per heavy atom. The fraction of sp³-hybridized carbons (Fsp3) is 0.455. The lowest BCUT2D eigenvalue weighted by Gasteiger charge is -2.14. The number of aryl methyl sites for hydroxylation is 2. The molecule has 0 saturated carbocycles. The van der Waals surface area contributed by atoms with Crippen LogP contribution in [-0.2, 0) is 0 Å². The number of nitrogens with two attached hydrogens (primary N) is 1. The fourth-order valence-corrected chi connectivity index (χ4v) is 2.03. The largest absolute Gasteiger partial charge is 0.491 e. The van der Waals surface area contributed by atoms with Crippen molar-refractivity contribution in [3.05, 3.63) is 27.7 Å². The van der Waals surface area contributed by atoms with Crippen LogP contribution in [0.2, 0.25) is 0 Å². The minimum absolute atomic E-state index is 0.0671. The van der Waals surface area contributed by atoms with Gasteiger partial charge in [0.15, 0.2) is 0 Å². The van der Waals surface area contributed by atoms with E-state index in [0.717, 1.165) is 21.3 Å². The first kappa shape index (κ1) is 11.5. The molecule has 1 rings (SSSR count). The summed E-state index contributed by atoms with van der Waals surface area (Å²) in [4.78, 5) is 0. The molecule has 0 aromatic heterocycles. The van der Waals surface area contributed by atoms with Gasteiger partial charge in [0.05, 0.1) is 0 Å². The molecule has 1 aromatic carbocycles. The maximum atomic E-state index is 5.64. The summed E-state index contributed by atoms with van der Waals surface area (Å²) in [5.74, 6) is 0.950. The number of ether oxygens (including phenoxy) is 1. The van der Waals surface area contributed by atoms with Crippen LogP contribution in [0.3, 0.4) is 0 Å². The molecule has 0 amide bonds. The highest BCUT2D eigenvalue weighted by Crippen LogP contribution is 2.27. The second-order valence-electron chi connectivity index (χ2n) is 3.66. The Labute approximate surface area is 93.6 Å². The molecule has 2 nitrogen and oxygen atoms in total. The van der Waals surface area contributed by atoms with Crippen molar-refractivity contribution in [3.63, 3.8) is 0 Å². The minimum atomic E-state index is 0.0671. The van der Waals surface area contributed by atoms with Crippen molar-refractivity contribution in [1.29, 1.82) is 0 Å². The maximum absolute atomic E-state index is 5.64. The zero-order chi connectivity index (χ0) is 10.7. The molecule has 0 saturated heterocycles. The number of hydrogen-bond acceptors (Lipinski definition) is 2. The Hall–Kier alpha value is -0.540. The molecule has 0 aliphatic carbocycles. The Bertz CT molecular complexity index is 300. The van der Waals surface area contributed by atoms with Crippen molar-refractivity contribution >= 4 is 15.9 Å². The van der Waals surface area contributed by atoms with Crippen LogP contribution < -0.4 is 10.5 Å². The zero-order valence-corrected chi connectivity index (χ0v) is 10.4. The quantitative estimate of drug-likeness (QED) is 0.904. The maximum Gasteiger partial charge on any atom is 0.125 e. The summed E-state index contributed by atoms with van der Waals surface area (Å²) in [5.41, 5.74) is 7.91. The van der Waals surface area contributed by atoms with Crippen LogP contribution in [0, 0.1) is 13.8 Å². The molecule has 2 N–H and O–H groups in total. The Morgan fingerprint density at radius 3 is 2.29 bits per heavy atom. The standard InChI is InChI=1S/C11H16BrNO/c1-7-4-10(12)5-8(2)11(7)14-6-9(3)13/h4-5,9H,6,13H2,1-3H3. The van der Waals surface area contributed by atoms with Crippen LogP contribution >= 0.6 is 15.9 Å². The van der Waals surface area contributed by atoms with Crippen LogP contribution in [0.4, 0.5) is 0 Å². The molecule has 0 bridgehead atoms. The average molecular weight is 258 g/mol. The van der Waals surface area contributed by atoms with Gasteiger partial charge in [0.2, 0.25) is 0 Å². The van der Waals surface area contributed by atoms with E-state index in [1.54, 1.807) is 0 Å². The van der Waals surface area contributed by atoms with Crippen LogP contribution in [0.15, 0.2) is 16.6 Å². The van der Waals surface area contributed by atoms with E-state index in [9.17, 15) is 0 Å². The number of rotatable bonds is 3. The number of hydrogen-bond donors (Lipinski definition) is 1. The van der Waals surface area contributed by atoms with Gasteiger partial charge >= 0.3 is 0 Å². The van der Waals surface area contributed by atoms with Crippen LogP contribution in [0.5, 0.6) is 5.75 Å². The molecular weight excluding hydrogens is 242 g/mol. The molecule has 1 unspecified atom stereocenters. The molecule has 0 heterocycles. The van der Waals surface area contributed by atoms with Gasteiger partial charge in [-0.15, -0.1) is 0 Å². The molecule has 0 aliphatic rings. The van der Waals surface area contributed by atoms with Gasteiger partial charge in [-0.05, 0) is 44.0 Å². The number of benzene rings is 1. The monoisotopic (exact) mass is 257 g/mol. The third kappa shape index (κ3) is 3.00. The first-order valence-electron chi connectivity index (χ1n) is 4.66. The van der Waals surface area contributed by atoms with Crippen molar-refractivity contribution in [2.24, 2.45) is 5.73 Å². The van der Waals surface area contributed by atoms with Gasteiger partial charge in [0.1, 0.15) is 12.4 Å². The Balaban J connectivity index is 2.86. The second-order valence-corrected chi connectivity index (χ2v) is 4.57. The van der Waals surface area contributed by atoms with Gasteiger partial charge in [-0.2, -0.15) is 0 Å². The summed E-state index contributed by atoms with van der Waals surface area (Å²) < 4.78 is 6.72. The van der Waals surface area contributed by atoms with Crippen molar-refractivity contribution in [2.75, 3.05) is 6.61 Å². The number of halogens is 1. The van der Waals surface area contributed by atoms with E-state index in [-0.39, 0.29) is 6.04 Å². The summed E-state index contributed by atoms with van der Waals surface area (Å²) >= 11 is 3.45. The summed E-state index contributed by atoms with van der Waals surface area (Å²) in [7, 11) is 0. The topological polar surface area (TPSA) is 35.2 Å². The van der Waals surface area contributed by atoms with Crippen LogP contribution in [0.25, 0.3) is 0 Å². The molecule has 3 heteroatoms. The smallest absolute Gasteiger partial charge is 0.125 e. The van der Waals surface area contributed by atoms with E-state index < -0.39 is 0 Å². The third-order valence-electron chi connectivity index (χ3n) is 1.92. The van der Waals surface area contributed by atoms with Crippen molar-refractivity contribution in [2.45, 2.75) is 26.8 Å². The fourth-order valence-electron chi connectivity index (χ4n) is 1.34. The van der Waals surface area contributed by atoms with Crippen molar-refractivity contribution < 1.29 is 4.74 Å². The Morgan fingerprint density at radius 2 is 1.86 bits per heavy atom. The zero-order valence-electron chi connectivity index (χ0n) is 8.80. The Kier molecular flexibility index (Phi) is 3.96.